The summed E-state index contributed by atoms with van der Waals surface area (Å²) in [6.45, 7) is -0.178. The highest BCUT2D eigenvalue weighted by atomic mass is 32.1. The van der Waals surface area contributed by atoms with Gasteiger partial charge in [-0.25, -0.2) is 4.98 Å². The number of nitrogens with one attached hydrogen (secondary N) is 1. The number of amides is 1. The molecule has 0 atom stereocenters. The van der Waals surface area contributed by atoms with E-state index in [9.17, 15) is 9.59 Å². The van der Waals surface area contributed by atoms with E-state index in [1.165, 1.54) is 18.4 Å². The van der Waals surface area contributed by atoms with E-state index in [0.29, 0.717) is 10.6 Å². The van der Waals surface area contributed by atoms with Gasteiger partial charge in [-0.05, 0) is 0 Å². The highest BCUT2D eigenvalue weighted by Crippen LogP contribution is 2.33. The first-order valence-corrected chi connectivity index (χ1v) is 8.47. The minimum atomic E-state index is -0.498. The fourth-order valence-electron chi connectivity index (χ4n) is 2.27. The zero-order valence-electron chi connectivity index (χ0n) is 13.6. The quantitative estimate of drug-likeness (QED) is 0.715. The molecule has 0 saturated carbocycles. The SMILES string of the molecule is COC(=O)CNC(=O)c1sc(-c2ccccc2)nc1-c1ccccc1. The van der Waals surface area contributed by atoms with E-state index < -0.39 is 5.97 Å². The summed E-state index contributed by atoms with van der Waals surface area (Å²) in [4.78, 5) is 29.0. The molecule has 0 aliphatic heterocycles. The van der Waals surface area contributed by atoms with E-state index in [1.807, 2.05) is 60.7 Å². The van der Waals surface area contributed by atoms with Crippen LogP contribution in [0.25, 0.3) is 21.8 Å². The third-order valence-electron chi connectivity index (χ3n) is 3.52. The van der Waals surface area contributed by atoms with Gasteiger partial charge in [-0.2, -0.15) is 0 Å². The number of rotatable bonds is 5. The van der Waals surface area contributed by atoms with Crippen molar-refractivity contribution in [2.75, 3.05) is 13.7 Å². The largest absolute Gasteiger partial charge is 0.468 e. The van der Waals surface area contributed by atoms with Gasteiger partial charge in [-0.1, -0.05) is 60.7 Å². The molecule has 5 nitrogen and oxygen atoms in total. The summed E-state index contributed by atoms with van der Waals surface area (Å²) in [7, 11) is 1.28. The van der Waals surface area contributed by atoms with Crippen LogP contribution in [-0.4, -0.2) is 30.5 Å². The minimum Gasteiger partial charge on any atom is -0.468 e. The third-order valence-corrected chi connectivity index (χ3v) is 4.63. The molecule has 1 N–H and O–H groups in total. The summed E-state index contributed by atoms with van der Waals surface area (Å²) >= 11 is 1.30. The van der Waals surface area contributed by atoms with Crippen molar-refractivity contribution in [3.8, 4) is 21.8 Å². The number of nitrogens with zero attached hydrogens (tertiary/aromatic N) is 1. The summed E-state index contributed by atoms with van der Waals surface area (Å²) in [5, 5.41) is 3.33. The Morgan fingerprint density at radius 3 is 2.20 bits per heavy atom. The second-order valence-corrected chi connectivity index (χ2v) is 6.19. The number of esters is 1. The van der Waals surface area contributed by atoms with Crippen molar-refractivity contribution < 1.29 is 14.3 Å². The van der Waals surface area contributed by atoms with E-state index in [4.69, 9.17) is 0 Å². The summed E-state index contributed by atoms with van der Waals surface area (Å²) in [6.07, 6.45) is 0. The number of carbonyl (C=O) groups excluding carboxylic acids is 2. The zero-order chi connectivity index (χ0) is 17.6. The molecule has 3 aromatic rings. The van der Waals surface area contributed by atoms with Gasteiger partial charge >= 0.3 is 5.97 Å². The number of benzene rings is 2. The van der Waals surface area contributed by atoms with Crippen molar-refractivity contribution in [2.45, 2.75) is 0 Å². The first-order valence-electron chi connectivity index (χ1n) is 7.65. The van der Waals surface area contributed by atoms with Gasteiger partial charge in [0.1, 0.15) is 16.4 Å². The smallest absolute Gasteiger partial charge is 0.325 e. The van der Waals surface area contributed by atoms with Gasteiger partial charge in [0.2, 0.25) is 0 Å². The highest BCUT2D eigenvalue weighted by Gasteiger charge is 2.20. The van der Waals surface area contributed by atoms with Gasteiger partial charge < -0.3 is 10.1 Å². The number of methoxy groups -OCH3 is 1. The number of ether oxygens (including phenoxy) is 1. The lowest BCUT2D eigenvalue weighted by Crippen LogP contribution is -2.29. The summed E-state index contributed by atoms with van der Waals surface area (Å²) < 4.78 is 4.56. The normalized spacial score (nSPS) is 10.3. The maximum atomic E-state index is 12.6. The number of thiazole rings is 1. The topological polar surface area (TPSA) is 68.3 Å². The first-order chi connectivity index (χ1) is 12.2. The second-order valence-electron chi connectivity index (χ2n) is 5.19. The molecule has 0 spiro atoms. The molecule has 3 rings (SSSR count). The molecule has 1 amide bonds. The Labute approximate surface area is 149 Å². The molecule has 0 bridgehead atoms. The van der Waals surface area contributed by atoms with Crippen molar-refractivity contribution in [1.82, 2.24) is 10.3 Å². The van der Waals surface area contributed by atoms with Crippen LogP contribution in [0, 0.1) is 0 Å². The molecule has 0 unspecified atom stereocenters. The van der Waals surface area contributed by atoms with Crippen LogP contribution in [0.15, 0.2) is 60.7 Å². The summed E-state index contributed by atoms with van der Waals surface area (Å²) in [5.74, 6) is -0.841. The fourth-order valence-corrected chi connectivity index (χ4v) is 3.28. The number of carbonyl (C=O) groups is 2. The molecule has 126 valence electrons. The lowest BCUT2D eigenvalue weighted by atomic mass is 10.1. The van der Waals surface area contributed by atoms with Crippen LogP contribution in [0.2, 0.25) is 0 Å². The lowest BCUT2D eigenvalue weighted by Gasteiger charge is -2.04. The molecule has 2 aromatic carbocycles. The predicted octanol–water partition coefficient (Wildman–Crippen LogP) is 3.38. The van der Waals surface area contributed by atoms with Crippen molar-refractivity contribution in [3.05, 3.63) is 65.5 Å². The lowest BCUT2D eigenvalue weighted by molar-refractivity contribution is -0.139. The molecule has 0 aliphatic rings. The monoisotopic (exact) mass is 352 g/mol. The molecule has 6 heteroatoms. The van der Waals surface area contributed by atoms with Crippen LogP contribution < -0.4 is 5.32 Å². The first kappa shape index (κ1) is 16.9. The van der Waals surface area contributed by atoms with Gasteiger partial charge in [0.05, 0.1) is 12.8 Å². The standard InChI is InChI=1S/C19H16N2O3S/c1-24-15(22)12-20-18(23)17-16(13-8-4-2-5-9-13)21-19(25-17)14-10-6-3-7-11-14/h2-11H,12H2,1H3,(H,20,23). The highest BCUT2D eigenvalue weighted by molar-refractivity contribution is 7.17. The maximum Gasteiger partial charge on any atom is 0.325 e. The Kier molecular flexibility index (Phi) is 5.20. The number of hydrogen-bond donors (Lipinski definition) is 1. The average Bonchev–Trinajstić information content (AvgIpc) is 3.12. The molecular formula is C19H16N2O3S. The van der Waals surface area contributed by atoms with Crippen molar-refractivity contribution in [2.24, 2.45) is 0 Å². The van der Waals surface area contributed by atoms with Gasteiger partial charge in [0, 0.05) is 11.1 Å². The molecular weight excluding hydrogens is 336 g/mol. The second kappa shape index (κ2) is 7.72. The average molecular weight is 352 g/mol. The molecule has 0 saturated heterocycles. The van der Waals surface area contributed by atoms with Crippen LogP contribution >= 0.6 is 11.3 Å². The van der Waals surface area contributed by atoms with E-state index >= 15 is 0 Å². The maximum absolute atomic E-state index is 12.6. The third kappa shape index (κ3) is 3.92. The number of aromatic nitrogens is 1. The summed E-state index contributed by atoms with van der Waals surface area (Å²) in [6, 6.07) is 19.2. The Morgan fingerprint density at radius 2 is 1.60 bits per heavy atom. The van der Waals surface area contributed by atoms with Crippen LogP contribution in [0.1, 0.15) is 9.67 Å². The van der Waals surface area contributed by atoms with Crippen LogP contribution in [0.5, 0.6) is 0 Å². The Morgan fingerprint density at radius 1 is 1.00 bits per heavy atom. The van der Waals surface area contributed by atoms with Crippen molar-refractivity contribution >= 4 is 23.2 Å². The van der Waals surface area contributed by atoms with Gasteiger partial charge in [-0.15, -0.1) is 11.3 Å². The van der Waals surface area contributed by atoms with Gasteiger partial charge in [-0.3, -0.25) is 9.59 Å². The Balaban J connectivity index is 1.99. The Hall–Kier alpha value is -2.99. The number of hydrogen-bond acceptors (Lipinski definition) is 5. The van der Waals surface area contributed by atoms with Crippen LogP contribution in [0.3, 0.4) is 0 Å². The van der Waals surface area contributed by atoms with E-state index in [1.54, 1.807) is 0 Å². The molecule has 1 heterocycles. The van der Waals surface area contributed by atoms with Crippen molar-refractivity contribution in [1.29, 1.82) is 0 Å². The molecule has 0 fully saturated rings. The predicted molar refractivity (Wildman–Crippen MR) is 97.3 cm³/mol. The zero-order valence-corrected chi connectivity index (χ0v) is 14.4. The van der Waals surface area contributed by atoms with E-state index in [0.717, 1.165) is 16.1 Å². The van der Waals surface area contributed by atoms with Crippen LogP contribution in [0.4, 0.5) is 0 Å². The summed E-state index contributed by atoms with van der Waals surface area (Å²) in [5.41, 5.74) is 2.40. The molecule has 1 aromatic heterocycles. The van der Waals surface area contributed by atoms with E-state index in [2.05, 4.69) is 15.0 Å². The van der Waals surface area contributed by atoms with Gasteiger partial charge in [0.25, 0.3) is 5.91 Å². The van der Waals surface area contributed by atoms with E-state index in [-0.39, 0.29) is 12.5 Å². The van der Waals surface area contributed by atoms with Crippen LogP contribution in [-0.2, 0) is 9.53 Å². The molecule has 0 aliphatic carbocycles. The van der Waals surface area contributed by atoms with Gasteiger partial charge in [0.15, 0.2) is 0 Å². The minimum absolute atomic E-state index is 0.178. The Bertz CT molecular complexity index is 876. The molecule has 25 heavy (non-hydrogen) atoms. The molecule has 0 radical (unpaired) electrons. The fraction of sp³-hybridized carbons (Fsp3) is 0.105. The van der Waals surface area contributed by atoms with Crippen molar-refractivity contribution in [3.63, 3.8) is 0 Å².